The maximum Gasteiger partial charge on any atom is 0.114 e. The van der Waals surface area contributed by atoms with Crippen LogP contribution in [-0.4, -0.2) is 18.1 Å². The molecule has 0 amide bonds. The molecule has 1 radical (unpaired) electrons. The van der Waals surface area contributed by atoms with Crippen LogP contribution in [0, 0.1) is 6.20 Å². The SMILES string of the molecule is C=CCN(CC=C)c1[c]nccc1. The van der Waals surface area contributed by atoms with Crippen molar-refractivity contribution in [3.05, 3.63) is 49.8 Å². The summed E-state index contributed by atoms with van der Waals surface area (Å²) in [6, 6.07) is 3.87. The van der Waals surface area contributed by atoms with Crippen molar-refractivity contribution in [3.8, 4) is 0 Å². The van der Waals surface area contributed by atoms with Gasteiger partial charge in [0.05, 0.1) is 5.69 Å². The monoisotopic (exact) mass is 173 g/mol. The third kappa shape index (κ3) is 2.75. The summed E-state index contributed by atoms with van der Waals surface area (Å²) in [4.78, 5) is 6.03. The van der Waals surface area contributed by atoms with Crippen LogP contribution in [0.1, 0.15) is 0 Å². The van der Waals surface area contributed by atoms with Gasteiger partial charge in [0.25, 0.3) is 0 Å². The first-order chi connectivity index (χ1) is 6.38. The van der Waals surface area contributed by atoms with Gasteiger partial charge >= 0.3 is 0 Å². The van der Waals surface area contributed by atoms with Crippen LogP contribution < -0.4 is 4.90 Å². The summed E-state index contributed by atoms with van der Waals surface area (Å²) in [6.45, 7) is 8.97. The molecule has 0 aliphatic heterocycles. The zero-order valence-electron chi connectivity index (χ0n) is 7.61. The predicted molar refractivity (Wildman–Crippen MR) is 55.7 cm³/mol. The van der Waals surface area contributed by atoms with E-state index >= 15 is 0 Å². The number of anilines is 1. The second-order valence-corrected chi connectivity index (χ2v) is 2.62. The maximum atomic E-state index is 3.93. The Bertz CT molecular complexity index is 257. The molecule has 13 heavy (non-hydrogen) atoms. The van der Waals surface area contributed by atoms with Crippen LogP contribution in [0.25, 0.3) is 0 Å². The summed E-state index contributed by atoms with van der Waals surface area (Å²) in [7, 11) is 0. The molecule has 1 rings (SSSR count). The molecular formula is C11H13N2. The van der Waals surface area contributed by atoms with Gasteiger partial charge in [0.1, 0.15) is 6.20 Å². The Labute approximate surface area is 79.2 Å². The van der Waals surface area contributed by atoms with Gasteiger partial charge in [0, 0.05) is 19.3 Å². The van der Waals surface area contributed by atoms with E-state index in [-0.39, 0.29) is 0 Å². The summed E-state index contributed by atoms with van der Waals surface area (Å²) in [5.41, 5.74) is 0.974. The second kappa shape index (κ2) is 5.14. The summed E-state index contributed by atoms with van der Waals surface area (Å²) in [5, 5.41) is 0. The summed E-state index contributed by atoms with van der Waals surface area (Å²) in [6.07, 6.45) is 8.33. The van der Waals surface area contributed by atoms with Gasteiger partial charge < -0.3 is 4.90 Å². The molecule has 0 aromatic carbocycles. The Morgan fingerprint density at radius 3 is 2.54 bits per heavy atom. The fourth-order valence-corrected chi connectivity index (χ4v) is 1.08. The minimum Gasteiger partial charge on any atom is -0.362 e. The molecule has 1 aromatic rings. The molecule has 0 atom stereocenters. The van der Waals surface area contributed by atoms with Crippen LogP contribution in [0.15, 0.2) is 43.6 Å². The van der Waals surface area contributed by atoms with Gasteiger partial charge in [-0.3, -0.25) is 4.98 Å². The number of hydrogen-bond donors (Lipinski definition) is 0. The zero-order chi connectivity index (χ0) is 9.52. The van der Waals surface area contributed by atoms with Crippen molar-refractivity contribution in [2.24, 2.45) is 0 Å². The second-order valence-electron chi connectivity index (χ2n) is 2.62. The van der Waals surface area contributed by atoms with E-state index in [1.54, 1.807) is 6.20 Å². The molecule has 2 nitrogen and oxygen atoms in total. The summed E-state index contributed by atoms with van der Waals surface area (Å²) >= 11 is 0. The fraction of sp³-hybridized carbons (Fsp3) is 0.182. The third-order valence-electron chi connectivity index (χ3n) is 1.63. The van der Waals surface area contributed by atoms with Crippen LogP contribution >= 0.6 is 0 Å². The van der Waals surface area contributed by atoms with Crippen molar-refractivity contribution in [2.75, 3.05) is 18.0 Å². The fourth-order valence-electron chi connectivity index (χ4n) is 1.08. The van der Waals surface area contributed by atoms with Crippen molar-refractivity contribution in [3.63, 3.8) is 0 Å². The Hall–Kier alpha value is -1.57. The molecule has 1 heterocycles. The minimum atomic E-state index is 0.786. The molecule has 0 saturated carbocycles. The van der Waals surface area contributed by atoms with Gasteiger partial charge in [-0.15, -0.1) is 13.2 Å². The molecule has 0 N–H and O–H groups in total. The standard InChI is InChI=1S/C11H13N2/c1-3-8-13(9-4-2)11-6-5-7-12-10-11/h3-7H,1-2,8-9H2. The van der Waals surface area contributed by atoms with E-state index in [1.807, 2.05) is 24.3 Å². The minimum absolute atomic E-state index is 0.786. The van der Waals surface area contributed by atoms with Crippen LogP contribution in [0.5, 0.6) is 0 Å². The molecular weight excluding hydrogens is 160 g/mol. The highest BCUT2D eigenvalue weighted by Crippen LogP contribution is 2.09. The topological polar surface area (TPSA) is 16.1 Å². The van der Waals surface area contributed by atoms with E-state index in [0.29, 0.717) is 0 Å². The van der Waals surface area contributed by atoms with Gasteiger partial charge in [0.15, 0.2) is 0 Å². The number of pyridine rings is 1. The highest BCUT2D eigenvalue weighted by atomic mass is 15.1. The van der Waals surface area contributed by atoms with E-state index in [1.165, 1.54) is 0 Å². The molecule has 0 aliphatic rings. The first kappa shape index (κ1) is 9.52. The number of rotatable bonds is 5. The van der Waals surface area contributed by atoms with Crippen LogP contribution in [0.3, 0.4) is 0 Å². The lowest BCUT2D eigenvalue weighted by molar-refractivity contribution is 0.948. The van der Waals surface area contributed by atoms with Crippen LogP contribution in [0.2, 0.25) is 0 Å². The van der Waals surface area contributed by atoms with E-state index in [9.17, 15) is 0 Å². The van der Waals surface area contributed by atoms with Crippen molar-refractivity contribution in [1.29, 1.82) is 0 Å². The Kier molecular flexibility index (Phi) is 3.76. The first-order valence-corrected chi connectivity index (χ1v) is 4.18. The molecule has 0 aliphatic carbocycles. The van der Waals surface area contributed by atoms with Crippen molar-refractivity contribution >= 4 is 5.69 Å². The predicted octanol–water partition coefficient (Wildman–Crippen LogP) is 2.06. The normalized spacial score (nSPS) is 9.23. The zero-order valence-corrected chi connectivity index (χ0v) is 7.61. The number of nitrogens with zero attached hydrogens (tertiary/aromatic N) is 2. The largest absolute Gasteiger partial charge is 0.362 e. The molecule has 0 bridgehead atoms. The van der Waals surface area contributed by atoms with Gasteiger partial charge in [-0.2, -0.15) is 0 Å². The highest BCUT2D eigenvalue weighted by Gasteiger charge is 2.01. The van der Waals surface area contributed by atoms with E-state index < -0.39 is 0 Å². The van der Waals surface area contributed by atoms with Crippen LogP contribution in [0.4, 0.5) is 5.69 Å². The van der Waals surface area contributed by atoms with Gasteiger partial charge in [-0.1, -0.05) is 12.2 Å². The van der Waals surface area contributed by atoms with E-state index in [2.05, 4.69) is 29.2 Å². The Morgan fingerprint density at radius 1 is 1.38 bits per heavy atom. The highest BCUT2D eigenvalue weighted by molar-refractivity contribution is 5.43. The third-order valence-corrected chi connectivity index (χ3v) is 1.63. The number of aromatic nitrogens is 1. The van der Waals surface area contributed by atoms with Crippen LogP contribution in [-0.2, 0) is 0 Å². The van der Waals surface area contributed by atoms with E-state index in [0.717, 1.165) is 18.8 Å². The lowest BCUT2D eigenvalue weighted by atomic mass is 10.3. The average molecular weight is 173 g/mol. The maximum absolute atomic E-state index is 3.93. The lowest BCUT2D eigenvalue weighted by Gasteiger charge is -2.20. The molecule has 2 heteroatoms. The molecule has 0 spiro atoms. The van der Waals surface area contributed by atoms with Gasteiger partial charge in [0.2, 0.25) is 0 Å². The van der Waals surface area contributed by atoms with Gasteiger partial charge in [-0.25, -0.2) is 0 Å². The summed E-state index contributed by atoms with van der Waals surface area (Å²) in [5.74, 6) is 0. The van der Waals surface area contributed by atoms with Crippen molar-refractivity contribution < 1.29 is 0 Å². The van der Waals surface area contributed by atoms with Crippen molar-refractivity contribution in [1.82, 2.24) is 4.98 Å². The summed E-state index contributed by atoms with van der Waals surface area (Å²) < 4.78 is 0. The van der Waals surface area contributed by atoms with E-state index in [4.69, 9.17) is 0 Å². The smallest absolute Gasteiger partial charge is 0.114 e. The lowest BCUT2D eigenvalue weighted by Crippen LogP contribution is -2.23. The molecule has 67 valence electrons. The average Bonchev–Trinajstić information content (AvgIpc) is 2.19. The first-order valence-electron chi connectivity index (χ1n) is 4.18. The Balaban J connectivity index is 2.75. The molecule has 0 fully saturated rings. The number of hydrogen-bond acceptors (Lipinski definition) is 2. The van der Waals surface area contributed by atoms with Gasteiger partial charge in [-0.05, 0) is 12.1 Å². The van der Waals surface area contributed by atoms with Crippen molar-refractivity contribution in [2.45, 2.75) is 0 Å². The Morgan fingerprint density at radius 2 is 2.08 bits per heavy atom. The molecule has 1 aromatic heterocycles. The molecule has 0 saturated heterocycles. The quantitative estimate of drug-likeness (QED) is 0.633. The molecule has 0 unspecified atom stereocenters.